The van der Waals surface area contributed by atoms with Crippen molar-refractivity contribution < 1.29 is 4.79 Å². The molecule has 3 nitrogen and oxygen atoms in total. The number of nitrogens with two attached hydrogens (primary N) is 1. The number of hydrogen-bond acceptors (Lipinski definition) is 3. The molecule has 3 N–H and O–H groups in total. The average molecular weight is 304 g/mol. The second-order valence-electron chi connectivity index (χ2n) is 6.19. The number of nitrogen functional groups attached to an aromatic ring is 1. The number of carbonyl (C=O) groups is 1. The summed E-state index contributed by atoms with van der Waals surface area (Å²) in [5, 5.41) is 4.04. The lowest BCUT2D eigenvalue weighted by Crippen LogP contribution is -2.32. The molecule has 4 heteroatoms. The number of benzene rings is 1. The molecule has 21 heavy (non-hydrogen) atoms. The predicted molar refractivity (Wildman–Crippen MR) is 92.0 cm³/mol. The van der Waals surface area contributed by atoms with Gasteiger partial charge < -0.3 is 11.1 Å². The zero-order valence-electron chi connectivity index (χ0n) is 13.2. The molecule has 114 valence electrons. The summed E-state index contributed by atoms with van der Waals surface area (Å²) in [7, 11) is 0. The standard InChI is InChI=1S/C17H24N2OS/c1-10(2)5-7-12(4)19-17(20)16-15(18)13-8-6-11(3)9-14(13)21-16/h6,8-10,12H,5,7,18H2,1-4H3,(H,19,20). The number of amides is 1. The van der Waals surface area contributed by atoms with E-state index in [-0.39, 0.29) is 11.9 Å². The fraction of sp³-hybridized carbons (Fsp3) is 0.471. The van der Waals surface area contributed by atoms with Crippen LogP contribution in [0.3, 0.4) is 0 Å². The van der Waals surface area contributed by atoms with Gasteiger partial charge in [0, 0.05) is 16.1 Å². The van der Waals surface area contributed by atoms with Gasteiger partial charge in [-0.1, -0.05) is 26.0 Å². The first-order valence-corrected chi connectivity index (χ1v) is 8.29. The Kier molecular flexibility index (Phi) is 4.88. The van der Waals surface area contributed by atoms with E-state index < -0.39 is 0 Å². The molecule has 0 radical (unpaired) electrons. The van der Waals surface area contributed by atoms with Gasteiger partial charge in [0.05, 0.1) is 5.69 Å². The summed E-state index contributed by atoms with van der Waals surface area (Å²) in [6, 6.07) is 6.27. The Labute approximate surface area is 130 Å². The number of carbonyl (C=O) groups excluding carboxylic acids is 1. The highest BCUT2D eigenvalue weighted by Crippen LogP contribution is 2.34. The summed E-state index contributed by atoms with van der Waals surface area (Å²) < 4.78 is 1.08. The van der Waals surface area contributed by atoms with E-state index in [2.05, 4.69) is 25.2 Å². The highest BCUT2D eigenvalue weighted by Gasteiger charge is 2.18. The molecule has 0 aliphatic carbocycles. The molecule has 0 spiro atoms. The van der Waals surface area contributed by atoms with Crippen LogP contribution < -0.4 is 11.1 Å². The minimum Gasteiger partial charge on any atom is -0.397 e. The zero-order valence-corrected chi connectivity index (χ0v) is 14.0. The van der Waals surface area contributed by atoms with Gasteiger partial charge in [-0.15, -0.1) is 11.3 Å². The largest absolute Gasteiger partial charge is 0.397 e. The van der Waals surface area contributed by atoms with Gasteiger partial charge in [-0.2, -0.15) is 0 Å². The average Bonchev–Trinajstić information content (AvgIpc) is 2.73. The van der Waals surface area contributed by atoms with Crippen molar-refractivity contribution in [1.29, 1.82) is 0 Å². The van der Waals surface area contributed by atoms with E-state index in [1.807, 2.05) is 26.0 Å². The third-order valence-electron chi connectivity index (χ3n) is 3.64. The van der Waals surface area contributed by atoms with Crippen LogP contribution in [0.15, 0.2) is 18.2 Å². The minimum absolute atomic E-state index is 0.0531. The molecule has 0 bridgehead atoms. The van der Waals surface area contributed by atoms with E-state index >= 15 is 0 Å². The van der Waals surface area contributed by atoms with Crippen LogP contribution in [0.2, 0.25) is 0 Å². The molecule has 2 aromatic rings. The van der Waals surface area contributed by atoms with Crippen molar-refractivity contribution >= 4 is 33.0 Å². The topological polar surface area (TPSA) is 55.1 Å². The molecule has 1 amide bonds. The zero-order chi connectivity index (χ0) is 15.6. The van der Waals surface area contributed by atoms with Gasteiger partial charge in [0.25, 0.3) is 5.91 Å². The Bertz CT molecular complexity index is 646. The van der Waals surface area contributed by atoms with Crippen molar-refractivity contribution in [2.75, 3.05) is 5.73 Å². The van der Waals surface area contributed by atoms with Crippen LogP contribution in [-0.2, 0) is 0 Å². The van der Waals surface area contributed by atoms with Crippen LogP contribution in [0.1, 0.15) is 48.8 Å². The van der Waals surface area contributed by atoms with Crippen molar-refractivity contribution in [2.24, 2.45) is 5.92 Å². The number of hydrogen-bond donors (Lipinski definition) is 2. The number of anilines is 1. The summed E-state index contributed by atoms with van der Waals surface area (Å²) in [5.41, 5.74) is 7.92. The maximum Gasteiger partial charge on any atom is 0.263 e. The molecule has 0 aliphatic heterocycles. The smallest absolute Gasteiger partial charge is 0.263 e. The Balaban J connectivity index is 2.14. The molecule has 1 atom stereocenters. The first kappa shape index (κ1) is 15.8. The van der Waals surface area contributed by atoms with Crippen LogP contribution in [0.25, 0.3) is 10.1 Å². The molecule has 1 aromatic heterocycles. The van der Waals surface area contributed by atoms with Gasteiger partial charge >= 0.3 is 0 Å². The SMILES string of the molecule is Cc1ccc2c(N)c(C(=O)NC(C)CCC(C)C)sc2c1. The fourth-order valence-corrected chi connectivity index (χ4v) is 3.46. The first-order valence-electron chi connectivity index (χ1n) is 7.48. The summed E-state index contributed by atoms with van der Waals surface area (Å²) in [4.78, 5) is 13.0. The monoisotopic (exact) mass is 304 g/mol. The van der Waals surface area contributed by atoms with Crippen LogP contribution in [0.4, 0.5) is 5.69 Å². The molecule has 0 saturated carbocycles. The number of nitrogens with one attached hydrogen (secondary N) is 1. The van der Waals surface area contributed by atoms with E-state index in [9.17, 15) is 4.79 Å². The van der Waals surface area contributed by atoms with Gasteiger partial charge in [0.15, 0.2) is 0 Å². The summed E-state index contributed by atoms with van der Waals surface area (Å²) in [6.45, 7) is 8.48. The number of rotatable bonds is 5. The molecule has 1 heterocycles. The van der Waals surface area contributed by atoms with Crippen molar-refractivity contribution in [3.63, 3.8) is 0 Å². The minimum atomic E-state index is -0.0531. The van der Waals surface area contributed by atoms with Crippen LogP contribution in [-0.4, -0.2) is 11.9 Å². The lowest BCUT2D eigenvalue weighted by atomic mass is 10.0. The Morgan fingerprint density at radius 1 is 1.29 bits per heavy atom. The third-order valence-corrected chi connectivity index (χ3v) is 4.81. The van der Waals surface area contributed by atoms with Crippen molar-refractivity contribution in [3.8, 4) is 0 Å². The van der Waals surface area contributed by atoms with E-state index in [0.717, 1.165) is 22.9 Å². The Morgan fingerprint density at radius 2 is 2.00 bits per heavy atom. The third kappa shape index (κ3) is 3.76. The molecule has 2 rings (SSSR count). The predicted octanol–water partition coefficient (Wildman–Crippen LogP) is 4.35. The normalized spacial score (nSPS) is 12.8. The highest BCUT2D eigenvalue weighted by molar-refractivity contribution is 7.21. The lowest BCUT2D eigenvalue weighted by Gasteiger charge is -2.14. The van der Waals surface area contributed by atoms with Crippen LogP contribution in [0, 0.1) is 12.8 Å². The number of thiophene rings is 1. The van der Waals surface area contributed by atoms with Crippen molar-refractivity contribution in [2.45, 2.75) is 46.6 Å². The molecule has 0 aliphatic rings. The molecule has 1 aromatic carbocycles. The summed E-state index contributed by atoms with van der Waals surface area (Å²) in [6.07, 6.45) is 2.11. The van der Waals surface area contributed by atoms with Gasteiger partial charge in [0.2, 0.25) is 0 Å². The van der Waals surface area contributed by atoms with Gasteiger partial charge in [-0.05, 0) is 44.2 Å². The molecule has 0 saturated heterocycles. The summed E-state index contributed by atoms with van der Waals surface area (Å²) >= 11 is 1.48. The van der Waals surface area contributed by atoms with E-state index in [1.54, 1.807) is 0 Å². The fourth-order valence-electron chi connectivity index (χ4n) is 2.34. The van der Waals surface area contributed by atoms with Crippen molar-refractivity contribution in [1.82, 2.24) is 5.32 Å². The van der Waals surface area contributed by atoms with Gasteiger partial charge in [-0.3, -0.25) is 4.79 Å². The molecule has 0 fully saturated rings. The molecule has 1 unspecified atom stereocenters. The maximum atomic E-state index is 12.4. The second kappa shape index (κ2) is 6.48. The maximum absolute atomic E-state index is 12.4. The highest BCUT2D eigenvalue weighted by atomic mass is 32.1. The van der Waals surface area contributed by atoms with E-state index in [0.29, 0.717) is 16.5 Å². The number of aryl methyl sites for hydroxylation is 1. The quantitative estimate of drug-likeness (QED) is 0.863. The van der Waals surface area contributed by atoms with Crippen molar-refractivity contribution in [3.05, 3.63) is 28.6 Å². The Morgan fingerprint density at radius 3 is 2.67 bits per heavy atom. The molecular weight excluding hydrogens is 280 g/mol. The number of fused-ring (bicyclic) bond motifs is 1. The van der Waals surface area contributed by atoms with Crippen LogP contribution >= 0.6 is 11.3 Å². The summed E-state index contributed by atoms with van der Waals surface area (Å²) in [5.74, 6) is 0.601. The second-order valence-corrected chi connectivity index (χ2v) is 7.24. The lowest BCUT2D eigenvalue weighted by molar-refractivity contribution is 0.0942. The van der Waals surface area contributed by atoms with E-state index in [1.165, 1.54) is 16.9 Å². The van der Waals surface area contributed by atoms with Gasteiger partial charge in [-0.25, -0.2) is 0 Å². The van der Waals surface area contributed by atoms with Gasteiger partial charge in [0.1, 0.15) is 4.88 Å². The first-order chi connectivity index (χ1) is 9.88. The Hall–Kier alpha value is -1.55. The van der Waals surface area contributed by atoms with E-state index in [4.69, 9.17) is 5.73 Å². The molecular formula is C17H24N2OS. The van der Waals surface area contributed by atoms with Crippen LogP contribution in [0.5, 0.6) is 0 Å².